The molecular formula is C19H15FN4OS. The molecular weight excluding hydrogens is 351 g/mol. The molecule has 4 rings (SSSR count). The molecule has 1 aromatic carbocycles. The third-order valence-corrected chi connectivity index (χ3v) is 4.80. The summed E-state index contributed by atoms with van der Waals surface area (Å²) in [4.78, 5) is 20.6. The fraction of sp³-hybridized carbons (Fsp3) is 0.105. The van der Waals surface area contributed by atoms with Gasteiger partial charge in [-0.2, -0.15) is 0 Å². The number of thiazole rings is 1. The number of aryl methyl sites for hydroxylation is 1. The molecule has 26 heavy (non-hydrogen) atoms. The quantitative estimate of drug-likeness (QED) is 0.572. The normalized spacial score (nSPS) is 11.0. The molecule has 0 saturated heterocycles. The maximum absolute atomic E-state index is 13.4. The summed E-state index contributed by atoms with van der Waals surface area (Å²) in [6, 6.07) is 10.3. The number of aromatic nitrogens is 3. The minimum Gasteiger partial charge on any atom is -0.347 e. The Morgan fingerprint density at radius 3 is 2.88 bits per heavy atom. The van der Waals surface area contributed by atoms with Crippen molar-refractivity contribution in [2.75, 3.05) is 5.32 Å². The van der Waals surface area contributed by atoms with Crippen molar-refractivity contribution in [2.24, 2.45) is 0 Å². The number of carbonyl (C=O) groups is 1. The van der Waals surface area contributed by atoms with E-state index < -0.39 is 0 Å². The minimum atomic E-state index is -0.284. The number of hydrogen-bond acceptors (Lipinski definition) is 4. The molecule has 0 atom stereocenters. The van der Waals surface area contributed by atoms with Gasteiger partial charge in [-0.3, -0.25) is 9.78 Å². The lowest BCUT2D eigenvalue weighted by molar-refractivity contribution is -0.116. The van der Waals surface area contributed by atoms with Crippen molar-refractivity contribution >= 4 is 33.3 Å². The molecule has 5 nitrogen and oxygen atoms in total. The highest BCUT2D eigenvalue weighted by Gasteiger charge is 2.09. The summed E-state index contributed by atoms with van der Waals surface area (Å²) < 4.78 is 15.3. The van der Waals surface area contributed by atoms with Gasteiger partial charge in [0, 0.05) is 42.5 Å². The second-order valence-electron chi connectivity index (χ2n) is 5.78. The van der Waals surface area contributed by atoms with Crippen molar-refractivity contribution in [3.8, 4) is 11.3 Å². The van der Waals surface area contributed by atoms with Crippen LogP contribution in [0.15, 0.2) is 60.4 Å². The molecule has 0 aliphatic rings. The Morgan fingerprint density at radius 2 is 2.04 bits per heavy atom. The summed E-state index contributed by atoms with van der Waals surface area (Å²) in [5.41, 5.74) is 2.55. The Morgan fingerprint density at radius 1 is 1.19 bits per heavy atom. The number of benzene rings is 1. The van der Waals surface area contributed by atoms with Crippen molar-refractivity contribution in [1.29, 1.82) is 0 Å². The van der Waals surface area contributed by atoms with Crippen molar-refractivity contribution < 1.29 is 9.18 Å². The molecule has 0 saturated carbocycles. The first-order valence-corrected chi connectivity index (χ1v) is 8.97. The van der Waals surface area contributed by atoms with Crippen LogP contribution < -0.4 is 5.32 Å². The Kier molecular flexibility index (Phi) is 4.45. The predicted octanol–water partition coefficient (Wildman–Crippen LogP) is 4.33. The number of pyridine rings is 1. The van der Waals surface area contributed by atoms with Crippen molar-refractivity contribution in [3.63, 3.8) is 0 Å². The number of rotatable bonds is 5. The topological polar surface area (TPSA) is 59.8 Å². The summed E-state index contributed by atoms with van der Waals surface area (Å²) in [5, 5.41) is 6.23. The Hall–Kier alpha value is -3.06. The smallest absolute Gasteiger partial charge is 0.227 e. The van der Waals surface area contributed by atoms with Crippen molar-refractivity contribution in [1.82, 2.24) is 14.5 Å². The van der Waals surface area contributed by atoms with Crippen LogP contribution in [0, 0.1) is 5.82 Å². The molecule has 0 unspecified atom stereocenters. The lowest BCUT2D eigenvalue weighted by Crippen LogP contribution is -2.14. The molecule has 0 aliphatic carbocycles. The van der Waals surface area contributed by atoms with E-state index in [0.29, 0.717) is 11.7 Å². The van der Waals surface area contributed by atoms with Crippen LogP contribution in [0.25, 0.3) is 22.2 Å². The molecule has 130 valence electrons. The van der Waals surface area contributed by atoms with Gasteiger partial charge in [0.2, 0.25) is 5.91 Å². The maximum atomic E-state index is 13.4. The number of amides is 1. The summed E-state index contributed by atoms with van der Waals surface area (Å²) in [6.45, 7) is 0.474. The van der Waals surface area contributed by atoms with E-state index in [0.717, 1.165) is 22.2 Å². The van der Waals surface area contributed by atoms with Gasteiger partial charge in [0.05, 0.1) is 11.2 Å². The highest BCUT2D eigenvalue weighted by Crippen LogP contribution is 2.24. The Balaban J connectivity index is 1.40. The number of carbonyl (C=O) groups excluding carboxylic acids is 1. The number of fused-ring (bicyclic) bond motifs is 1. The van der Waals surface area contributed by atoms with Crippen LogP contribution in [0.1, 0.15) is 6.42 Å². The zero-order chi connectivity index (χ0) is 17.9. The maximum Gasteiger partial charge on any atom is 0.227 e. The first-order valence-electron chi connectivity index (χ1n) is 8.09. The van der Waals surface area contributed by atoms with E-state index in [1.54, 1.807) is 18.5 Å². The zero-order valence-corrected chi connectivity index (χ0v) is 14.5. The molecule has 0 radical (unpaired) electrons. The highest BCUT2D eigenvalue weighted by molar-refractivity contribution is 7.14. The van der Waals surface area contributed by atoms with Crippen LogP contribution >= 0.6 is 11.3 Å². The van der Waals surface area contributed by atoms with E-state index in [-0.39, 0.29) is 18.1 Å². The van der Waals surface area contributed by atoms with E-state index in [2.05, 4.69) is 15.3 Å². The van der Waals surface area contributed by atoms with Gasteiger partial charge in [-0.15, -0.1) is 11.3 Å². The summed E-state index contributed by atoms with van der Waals surface area (Å²) >= 11 is 1.38. The van der Waals surface area contributed by atoms with Crippen molar-refractivity contribution in [2.45, 2.75) is 13.0 Å². The fourth-order valence-electron chi connectivity index (χ4n) is 2.74. The number of nitrogens with zero attached hydrogens (tertiary/aromatic N) is 3. The second kappa shape index (κ2) is 7.05. The standard InChI is InChI=1S/C19H15FN4OS/c20-15-2-1-14-5-9-24(17(14)11-15)10-6-18(25)23-19-22-16(12-26-19)13-3-7-21-8-4-13/h1-5,7-9,11-12H,6,10H2,(H,22,23,25). The summed E-state index contributed by atoms with van der Waals surface area (Å²) in [6.07, 6.45) is 5.56. The third-order valence-electron chi connectivity index (χ3n) is 4.04. The van der Waals surface area contributed by atoms with E-state index in [9.17, 15) is 9.18 Å². The number of anilines is 1. The van der Waals surface area contributed by atoms with Crippen LogP contribution in [0.2, 0.25) is 0 Å². The Bertz CT molecular complexity index is 1060. The first-order chi connectivity index (χ1) is 12.7. The van der Waals surface area contributed by atoms with Crippen LogP contribution in [-0.4, -0.2) is 20.4 Å². The molecule has 0 spiro atoms. The summed E-state index contributed by atoms with van der Waals surface area (Å²) in [7, 11) is 0. The molecule has 1 amide bonds. The zero-order valence-electron chi connectivity index (χ0n) is 13.7. The SMILES string of the molecule is O=C(CCn1ccc2ccc(F)cc21)Nc1nc(-c2ccncc2)cs1. The Labute approximate surface area is 153 Å². The van der Waals surface area contributed by atoms with E-state index in [1.165, 1.54) is 23.5 Å². The van der Waals surface area contributed by atoms with Crippen LogP contribution in [0.5, 0.6) is 0 Å². The predicted molar refractivity (Wildman–Crippen MR) is 100 cm³/mol. The molecule has 7 heteroatoms. The van der Waals surface area contributed by atoms with Gasteiger partial charge >= 0.3 is 0 Å². The van der Waals surface area contributed by atoms with E-state index >= 15 is 0 Å². The third kappa shape index (κ3) is 3.48. The van der Waals surface area contributed by atoms with Gasteiger partial charge in [-0.1, -0.05) is 0 Å². The summed E-state index contributed by atoms with van der Waals surface area (Å²) in [5.74, 6) is -0.410. The highest BCUT2D eigenvalue weighted by atomic mass is 32.1. The van der Waals surface area contributed by atoms with Gasteiger partial charge in [-0.25, -0.2) is 9.37 Å². The van der Waals surface area contributed by atoms with Crippen LogP contribution in [0.4, 0.5) is 9.52 Å². The lowest BCUT2D eigenvalue weighted by Gasteiger charge is -2.05. The monoisotopic (exact) mass is 366 g/mol. The number of nitrogens with one attached hydrogen (secondary N) is 1. The molecule has 3 heterocycles. The average Bonchev–Trinajstić information content (AvgIpc) is 3.27. The molecule has 1 N–H and O–H groups in total. The lowest BCUT2D eigenvalue weighted by atomic mass is 10.2. The first kappa shape index (κ1) is 16.4. The molecule has 0 fully saturated rings. The van der Waals surface area contributed by atoms with Crippen LogP contribution in [-0.2, 0) is 11.3 Å². The van der Waals surface area contributed by atoms with Gasteiger partial charge in [0.25, 0.3) is 0 Å². The van der Waals surface area contributed by atoms with Gasteiger partial charge in [0.1, 0.15) is 5.82 Å². The van der Waals surface area contributed by atoms with Gasteiger partial charge in [-0.05, 0) is 41.8 Å². The van der Waals surface area contributed by atoms with E-state index in [1.807, 2.05) is 34.3 Å². The average molecular weight is 366 g/mol. The molecule has 3 aromatic heterocycles. The van der Waals surface area contributed by atoms with Gasteiger partial charge in [0.15, 0.2) is 5.13 Å². The largest absolute Gasteiger partial charge is 0.347 e. The van der Waals surface area contributed by atoms with Crippen molar-refractivity contribution in [3.05, 3.63) is 66.2 Å². The number of halogens is 1. The molecule has 0 aliphatic heterocycles. The van der Waals surface area contributed by atoms with Gasteiger partial charge < -0.3 is 9.88 Å². The minimum absolute atomic E-state index is 0.126. The molecule has 0 bridgehead atoms. The second-order valence-corrected chi connectivity index (χ2v) is 6.64. The number of hydrogen-bond donors (Lipinski definition) is 1. The molecule has 4 aromatic rings. The van der Waals surface area contributed by atoms with E-state index in [4.69, 9.17) is 0 Å². The fourth-order valence-corrected chi connectivity index (χ4v) is 3.48. The van der Waals surface area contributed by atoms with Crippen LogP contribution in [0.3, 0.4) is 0 Å².